The van der Waals surface area contributed by atoms with E-state index < -0.39 is 53.1 Å². The number of rotatable bonds is 4. The lowest BCUT2D eigenvalue weighted by molar-refractivity contribution is -0.133. The molecular weight excluding hydrogens is 706 g/mol. The van der Waals surface area contributed by atoms with Gasteiger partial charge in [0.15, 0.2) is 0 Å². The predicted molar refractivity (Wildman–Crippen MR) is 208 cm³/mol. The van der Waals surface area contributed by atoms with Crippen LogP contribution in [-0.4, -0.2) is 132 Å². The van der Waals surface area contributed by atoms with Crippen molar-refractivity contribution >= 4 is 30.3 Å². The Labute approximate surface area is 325 Å². The van der Waals surface area contributed by atoms with Crippen LogP contribution in [-0.2, 0) is 23.7 Å². The third kappa shape index (κ3) is 12.5. The molecule has 0 unspecified atom stereocenters. The molecule has 1 aliphatic carbocycles. The van der Waals surface area contributed by atoms with Gasteiger partial charge < -0.3 is 43.9 Å². The van der Waals surface area contributed by atoms with Crippen LogP contribution in [0.5, 0.6) is 0 Å². The Bertz CT molecular complexity index is 1600. The second-order valence-corrected chi connectivity index (χ2v) is 16.9. The summed E-state index contributed by atoms with van der Waals surface area (Å²) in [6.07, 6.45) is -2.56. The number of hydrogen-bond acceptors (Lipinski definition) is 9. The van der Waals surface area contributed by atoms with Crippen LogP contribution in [0, 0.1) is 0 Å². The first kappa shape index (κ1) is 42.7. The van der Waals surface area contributed by atoms with E-state index in [-0.39, 0.29) is 64.9 Å². The zero-order valence-corrected chi connectivity index (χ0v) is 34.1. The second-order valence-electron chi connectivity index (χ2n) is 16.9. The molecule has 14 nitrogen and oxygen atoms in total. The molecule has 0 aromatic heterocycles. The number of hydrogen-bond donors (Lipinski definition) is 1. The highest BCUT2D eigenvalue weighted by molar-refractivity contribution is 5.85. The maximum Gasteiger partial charge on any atom is 0.410 e. The minimum atomic E-state index is -1.00. The molecule has 14 heteroatoms. The molecule has 55 heavy (non-hydrogen) atoms. The number of carbonyl (C=O) groups is 5. The zero-order valence-electron chi connectivity index (χ0n) is 34.1. The standard InChI is InChI=1S/C41H59N5O9/c1-28(42-35(48)52-27-33-31-17-13-11-15-29(31)30-16-12-14-18-32(30)33)34(47)43-19-21-44(36(49)53-39(2,3)4)23-25-46(38(51)55-41(8,9)10)26-24-45(22-20-43)37(50)54-40(5,6)7/h11-18,28,33H,19-27H2,1-10H3,(H,42,48)/t28-/m1/s1. The van der Waals surface area contributed by atoms with Gasteiger partial charge in [0.1, 0.15) is 29.5 Å². The van der Waals surface area contributed by atoms with E-state index in [0.717, 1.165) is 22.3 Å². The summed E-state index contributed by atoms with van der Waals surface area (Å²) in [5.41, 5.74) is 1.97. The quantitative estimate of drug-likeness (QED) is 0.346. The van der Waals surface area contributed by atoms with Gasteiger partial charge in [0.25, 0.3) is 0 Å². The third-order valence-corrected chi connectivity index (χ3v) is 8.87. The molecule has 1 heterocycles. The molecule has 2 aromatic carbocycles. The zero-order chi connectivity index (χ0) is 40.7. The van der Waals surface area contributed by atoms with Crippen molar-refractivity contribution in [3.05, 3.63) is 59.7 Å². The molecular formula is C41H59N5O9. The number of ether oxygens (including phenoxy) is 4. The van der Waals surface area contributed by atoms with Gasteiger partial charge in [-0.1, -0.05) is 48.5 Å². The molecule has 0 bridgehead atoms. The molecule has 0 radical (unpaired) electrons. The Kier molecular flexibility index (Phi) is 13.7. The fourth-order valence-corrected chi connectivity index (χ4v) is 6.31. The fourth-order valence-electron chi connectivity index (χ4n) is 6.31. The molecule has 5 amide bonds. The van der Waals surface area contributed by atoms with Crippen LogP contribution in [0.1, 0.15) is 86.3 Å². The largest absolute Gasteiger partial charge is 0.449 e. The highest BCUT2D eigenvalue weighted by Gasteiger charge is 2.33. The van der Waals surface area contributed by atoms with Gasteiger partial charge in [-0.3, -0.25) is 4.79 Å². The van der Waals surface area contributed by atoms with Gasteiger partial charge in [-0.25, -0.2) is 19.2 Å². The van der Waals surface area contributed by atoms with E-state index in [1.807, 2.05) is 36.4 Å². The number of nitrogens with one attached hydrogen (secondary N) is 1. The van der Waals surface area contributed by atoms with Gasteiger partial charge in [-0.15, -0.1) is 0 Å². The second kappa shape index (κ2) is 17.6. The predicted octanol–water partition coefficient (Wildman–Crippen LogP) is 6.47. The summed E-state index contributed by atoms with van der Waals surface area (Å²) in [6.45, 7) is 17.9. The van der Waals surface area contributed by atoms with E-state index in [1.165, 1.54) is 19.6 Å². The van der Waals surface area contributed by atoms with Gasteiger partial charge in [0.2, 0.25) is 5.91 Å². The van der Waals surface area contributed by atoms with Gasteiger partial charge in [0, 0.05) is 58.3 Å². The van der Waals surface area contributed by atoms with Crippen molar-refractivity contribution in [3.63, 3.8) is 0 Å². The molecule has 0 saturated carbocycles. The van der Waals surface area contributed by atoms with Crippen LogP contribution in [0.3, 0.4) is 0 Å². The summed E-state index contributed by atoms with van der Waals surface area (Å²) in [4.78, 5) is 73.2. The lowest BCUT2D eigenvalue weighted by Crippen LogP contribution is -2.54. The molecule has 302 valence electrons. The first-order valence-electron chi connectivity index (χ1n) is 19.0. The minimum Gasteiger partial charge on any atom is -0.449 e. The maximum absolute atomic E-state index is 14.0. The third-order valence-electron chi connectivity index (χ3n) is 8.87. The number of alkyl carbamates (subject to hydrolysis) is 1. The van der Waals surface area contributed by atoms with Crippen molar-refractivity contribution < 1.29 is 42.9 Å². The Morgan fingerprint density at radius 2 is 0.909 bits per heavy atom. The molecule has 1 fully saturated rings. The Morgan fingerprint density at radius 1 is 0.582 bits per heavy atom. The number of carbonyl (C=O) groups excluding carboxylic acids is 5. The Morgan fingerprint density at radius 3 is 1.25 bits per heavy atom. The first-order valence-corrected chi connectivity index (χ1v) is 19.0. The molecule has 2 aliphatic rings. The van der Waals surface area contributed by atoms with E-state index in [0.29, 0.717) is 0 Å². The normalized spacial score (nSPS) is 16.5. The molecule has 1 aliphatic heterocycles. The molecule has 4 rings (SSSR count). The van der Waals surface area contributed by atoms with E-state index in [4.69, 9.17) is 18.9 Å². The first-order chi connectivity index (χ1) is 25.6. The molecule has 1 atom stereocenters. The average molecular weight is 766 g/mol. The van der Waals surface area contributed by atoms with Crippen molar-refractivity contribution in [2.75, 3.05) is 59.0 Å². The minimum absolute atomic E-state index is 0.0450. The van der Waals surface area contributed by atoms with Gasteiger partial charge >= 0.3 is 24.4 Å². The number of fused-ring (bicyclic) bond motifs is 3. The van der Waals surface area contributed by atoms with E-state index >= 15 is 0 Å². The highest BCUT2D eigenvalue weighted by Crippen LogP contribution is 2.44. The van der Waals surface area contributed by atoms with E-state index in [9.17, 15) is 24.0 Å². The van der Waals surface area contributed by atoms with Crippen molar-refractivity contribution in [3.8, 4) is 11.1 Å². The van der Waals surface area contributed by atoms with Crippen molar-refractivity contribution in [1.29, 1.82) is 0 Å². The molecule has 0 spiro atoms. The summed E-state index contributed by atoms with van der Waals surface area (Å²) in [5, 5.41) is 2.68. The highest BCUT2D eigenvalue weighted by atomic mass is 16.6. The van der Waals surface area contributed by atoms with E-state index in [1.54, 1.807) is 69.2 Å². The van der Waals surface area contributed by atoms with Gasteiger partial charge in [-0.2, -0.15) is 0 Å². The lowest BCUT2D eigenvalue weighted by Gasteiger charge is -2.36. The van der Waals surface area contributed by atoms with Crippen molar-refractivity contribution in [2.45, 2.75) is 98.0 Å². The lowest BCUT2D eigenvalue weighted by atomic mass is 9.98. The Balaban J connectivity index is 1.51. The van der Waals surface area contributed by atoms with Crippen LogP contribution in [0.15, 0.2) is 48.5 Å². The molecule has 2 aromatic rings. The molecule has 1 saturated heterocycles. The Hall–Kier alpha value is -5.01. The van der Waals surface area contributed by atoms with Crippen LogP contribution in [0.25, 0.3) is 11.1 Å². The smallest absolute Gasteiger partial charge is 0.410 e. The topological polar surface area (TPSA) is 147 Å². The van der Waals surface area contributed by atoms with Gasteiger partial charge in [-0.05, 0) is 91.5 Å². The van der Waals surface area contributed by atoms with Gasteiger partial charge in [0.05, 0.1) is 0 Å². The van der Waals surface area contributed by atoms with Crippen molar-refractivity contribution in [1.82, 2.24) is 24.9 Å². The summed E-state index contributed by atoms with van der Waals surface area (Å²) in [5.74, 6) is -0.586. The number of benzene rings is 2. The monoisotopic (exact) mass is 765 g/mol. The van der Waals surface area contributed by atoms with Crippen LogP contribution >= 0.6 is 0 Å². The van der Waals surface area contributed by atoms with Crippen LogP contribution in [0.4, 0.5) is 19.2 Å². The van der Waals surface area contributed by atoms with Crippen LogP contribution < -0.4 is 5.32 Å². The summed E-state index contributed by atoms with van der Waals surface area (Å²) in [7, 11) is 0. The molecule has 1 N–H and O–H groups in total. The number of amides is 5. The number of nitrogens with zero attached hydrogens (tertiary/aromatic N) is 4. The average Bonchev–Trinajstić information content (AvgIpc) is 3.38. The summed E-state index contributed by atoms with van der Waals surface area (Å²) in [6, 6.07) is 15.0. The SMILES string of the molecule is C[C@@H](NC(=O)OCC1c2ccccc2-c2ccccc21)C(=O)N1CCN(C(=O)OC(C)(C)C)CCN(C(=O)OC(C)(C)C)CCN(C(=O)OC(C)(C)C)CC1. The van der Waals surface area contributed by atoms with Crippen LogP contribution in [0.2, 0.25) is 0 Å². The van der Waals surface area contributed by atoms with Crippen molar-refractivity contribution in [2.24, 2.45) is 0 Å². The maximum atomic E-state index is 14.0. The summed E-state index contributed by atoms with van der Waals surface area (Å²) >= 11 is 0. The fraction of sp³-hybridized carbons (Fsp3) is 0.585. The summed E-state index contributed by atoms with van der Waals surface area (Å²) < 4.78 is 22.7. The van der Waals surface area contributed by atoms with E-state index in [2.05, 4.69) is 17.4 Å².